The van der Waals surface area contributed by atoms with Gasteiger partial charge < -0.3 is 9.80 Å². The van der Waals surface area contributed by atoms with Crippen LogP contribution in [0.25, 0.3) is 0 Å². The maximum atomic E-state index is 13.8. The second-order valence-electron chi connectivity index (χ2n) is 10.9. The van der Waals surface area contributed by atoms with E-state index in [-0.39, 0.29) is 17.1 Å². The van der Waals surface area contributed by atoms with Crippen LogP contribution in [0.15, 0.2) is 59.5 Å². The van der Waals surface area contributed by atoms with Crippen molar-refractivity contribution in [3.8, 4) is 0 Å². The monoisotopic (exact) mass is 477 g/mol. The first kappa shape index (κ1) is 23.7. The molecular formula is C29H39N3OS. The van der Waals surface area contributed by atoms with Crippen molar-refractivity contribution in [3.63, 3.8) is 0 Å². The molecule has 1 spiro atoms. The summed E-state index contributed by atoms with van der Waals surface area (Å²) < 4.78 is 0. The normalized spacial score (nSPS) is 27.6. The van der Waals surface area contributed by atoms with Crippen molar-refractivity contribution in [3.05, 3.63) is 65.7 Å². The van der Waals surface area contributed by atoms with E-state index in [1.807, 2.05) is 0 Å². The molecule has 5 heteroatoms. The number of carbonyl (C=O) groups excluding carboxylic acids is 1. The molecule has 2 amide bonds. The highest BCUT2D eigenvalue weighted by molar-refractivity contribution is 7.98. The fourth-order valence-corrected chi connectivity index (χ4v) is 6.99. The second-order valence-corrected chi connectivity index (χ2v) is 11.8. The van der Waals surface area contributed by atoms with Crippen LogP contribution in [0.5, 0.6) is 0 Å². The van der Waals surface area contributed by atoms with Gasteiger partial charge in [0.25, 0.3) is 0 Å². The lowest BCUT2D eigenvalue weighted by Gasteiger charge is -2.51. The Labute approximate surface area is 209 Å². The molecule has 0 aromatic heterocycles. The molecule has 34 heavy (non-hydrogen) atoms. The number of benzene rings is 2. The predicted molar refractivity (Wildman–Crippen MR) is 141 cm³/mol. The van der Waals surface area contributed by atoms with Crippen LogP contribution in [0.2, 0.25) is 0 Å². The molecule has 1 aliphatic heterocycles. The number of carbonyl (C=O) groups is 1. The number of hydrogen-bond donors (Lipinski definition) is 0. The second kappa shape index (κ2) is 9.58. The summed E-state index contributed by atoms with van der Waals surface area (Å²) in [5, 5.41) is 0. The van der Waals surface area contributed by atoms with Gasteiger partial charge in [-0.1, -0.05) is 48.9 Å². The van der Waals surface area contributed by atoms with Gasteiger partial charge in [0, 0.05) is 30.1 Å². The van der Waals surface area contributed by atoms with Gasteiger partial charge in [-0.25, -0.2) is 4.79 Å². The SMILES string of the molecule is CSc1cccc(CN2C[C@]3(CC[C@@](c4ccccc4)(N(C)C)CC3)N(CC3CCC3)C2=O)c1. The van der Waals surface area contributed by atoms with Gasteiger partial charge in [-0.2, -0.15) is 0 Å². The minimum absolute atomic E-state index is 0.0297. The zero-order valence-electron chi connectivity index (χ0n) is 21.0. The van der Waals surface area contributed by atoms with E-state index in [9.17, 15) is 4.79 Å². The molecule has 182 valence electrons. The topological polar surface area (TPSA) is 26.8 Å². The Morgan fingerprint density at radius 2 is 1.74 bits per heavy atom. The smallest absolute Gasteiger partial charge is 0.318 e. The molecular weight excluding hydrogens is 438 g/mol. The Morgan fingerprint density at radius 1 is 1.00 bits per heavy atom. The van der Waals surface area contributed by atoms with Crippen LogP contribution in [-0.2, 0) is 12.1 Å². The van der Waals surface area contributed by atoms with Crippen molar-refractivity contribution in [2.75, 3.05) is 33.4 Å². The van der Waals surface area contributed by atoms with E-state index in [4.69, 9.17) is 0 Å². The van der Waals surface area contributed by atoms with Crippen LogP contribution in [0, 0.1) is 5.92 Å². The summed E-state index contributed by atoms with van der Waals surface area (Å²) in [6.45, 7) is 2.52. The fraction of sp³-hybridized carbons (Fsp3) is 0.552. The van der Waals surface area contributed by atoms with Crippen molar-refractivity contribution in [1.82, 2.24) is 14.7 Å². The van der Waals surface area contributed by atoms with E-state index in [0.29, 0.717) is 12.5 Å². The van der Waals surface area contributed by atoms with Gasteiger partial charge in [0.1, 0.15) is 0 Å². The molecule has 3 fully saturated rings. The molecule has 2 aromatic carbocycles. The number of nitrogens with zero attached hydrogens (tertiary/aromatic N) is 3. The van der Waals surface area contributed by atoms with Gasteiger partial charge in [-0.3, -0.25) is 4.90 Å². The van der Waals surface area contributed by atoms with Gasteiger partial charge in [0.2, 0.25) is 0 Å². The first-order valence-electron chi connectivity index (χ1n) is 12.9. The fourth-order valence-electron chi connectivity index (χ4n) is 6.50. The number of hydrogen-bond acceptors (Lipinski definition) is 3. The maximum Gasteiger partial charge on any atom is 0.320 e. The third kappa shape index (κ3) is 4.26. The zero-order chi connectivity index (χ0) is 23.8. The van der Waals surface area contributed by atoms with Crippen LogP contribution >= 0.6 is 11.8 Å². The molecule has 2 aromatic rings. The Balaban J connectivity index is 1.40. The van der Waals surface area contributed by atoms with E-state index in [1.165, 1.54) is 35.3 Å². The lowest BCUT2D eigenvalue weighted by molar-refractivity contribution is 0.0159. The molecule has 3 aliphatic rings. The third-order valence-electron chi connectivity index (χ3n) is 8.91. The van der Waals surface area contributed by atoms with Gasteiger partial charge in [-0.15, -0.1) is 11.8 Å². The standard InChI is InChI=1S/C29H39N3OS/c1-30(2)29(25-12-5-4-6-13-25)17-15-28(16-18-29)22-31(20-24-11-8-14-26(19-24)34-3)27(33)32(28)21-23-9-7-10-23/h4-6,8,11-14,19,23H,7,9-10,15-18,20-22H2,1-3H3/t28-,29-. The summed E-state index contributed by atoms with van der Waals surface area (Å²) in [6.07, 6.45) is 10.3. The summed E-state index contributed by atoms with van der Waals surface area (Å²) in [6, 6.07) is 20.0. The molecule has 0 N–H and O–H groups in total. The summed E-state index contributed by atoms with van der Waals surface area (Å²) in [5.74, 6) is 0.690. The van der Waals surface area contributed by atoms with Crippen molar-refractivity contribution < 1.29 is 4.79 Å². The Kier molecular flexibility index (Phi) is 6.69. The molecule has 4 nitrogen and oxygen atoms in total. The average molecular weight is 478 g/mol. The molecule has 1 saturated heterocycles. The molecule has 0 radical (unpaired) electrons. The molecule has 0 bridgehead atoms. The van der Waals surface area contributed by atoms with Crippen molar-refractivity contribution in [2.24, 2.45) is 5.92 Å². The highest BCUT2D eigenvalue weighted by Gasteiger charge is 2.54. The van der Waals surface area contributed by atoms with Gasteiger partial charge >= 0.3 is 6.03 Å². The number of urea groups is 1. The summed E-state index contributed by atoms with van der Waals surface area (Å²) in [5.41, 5.74) is 2.68. The van der Waals surface area contributed by atoms with E-state index in [2.05, 4.69) is 89.6 Å². The predicted octanol–water partition coefficient (Wildman–Crippen LogP) is 6.22. The van der Waals surface area contributed by atoms with Gasteiger partial charge in [-0.05, 0) is 88.1 Å². The average Bonchev–Trinajstić information content (AvgIpc) is 3.07. The van der Waals surface area contributed by atoms with Crippen LogP contribution in [-0.4, -0.2) is 59.7 Å². The largest absolute Gasteiger partial charge is 0.320 e. The summed E-state index contributed by atoms with van der Waals surface area (Å²) in [4.78, 5) is 22.0. The zero-order valence-corrected chi connectivity index (χ0v) is 21.8. The van der Waals surface area contributed by atoms with E-state index in [0.717, 1.165) is 38.8 Å². The highest BCUT2D eigenvalue weighted by atomic mass is 32.2. The first-order chi connectivity index (χ1) is 16.5. The molecule has 5 rings (SSSR count). The molecule has 0 atom stereocenters. The minimum Gasteiger partial charge on any atom is -0.318 e. The molecule has 2 aliphatic carbocycles. The lowest BCUT2D eigenvalue weighted by Crippen LogP contribution is -2.56. The van der Waals surface area contributed by atoms with Crippen molar-refractivity contribution in [2.45, 2.75) is 67.5 Å². The van der Waals surface area contributed by atoms with Gasteiger partial charge in [0.05, 0.1) is 5.54 Å². The Hall–Kier alpha value is -1.98. The lowest BCUT2D eigenvalue weighted by atomic mass is 9.68. The highest BCUT2D eigenvalue weighted by Crippen LogP contribution is 2.49. The van der Waals surface area contributed by atoms with E-state index < -0.39 is 0 Å². The molecule has 0 unspecified atom stereocenters. The maximum absolute atomic E-state index is 13.8. The number of thioether (sulfide) groups is 1. The van der Waals surface area contributed by atoms with Crippen LogP contribution in [0.3, 0.4) is 0 Å². The molecule has 1 heterocycles. The van der Waals surface area contributed by atoms with Crippen LogP contribution in [0.1, 0.15) is 56.1 Å². The summed E-state index contributed by atoms with van der Waals surface area (Å²) >= 11 is 1.76. The summed E-state index contributed by atoms with van der Waals surface area (Å²) in [7, 11) is 4.45. The van der Waals surface area contributed by atoms with E-state index in [1.54, 1.807) is 11.8 Å². The quantitative estimate of drug-likeness (QED) is 0.443. The Bertz CT molecular complexity index is 995. The molecule has 2 saturated carbocycles. The number of amides is 2. The minimum atomic E-state index is -0.0297. The van der Waals surface area contributed by atoms with Crippen LogP contribution in [0.4, 0.5) is 4.79 Å². The Morgan fingerprint density at radius 3 is 2.35 bits per heavy atom. The first-order valence-corrected chi connectivity index (χ1v) is 14.1. The van der Waals surface area contributed by atoms with Crippen molar-refractivity contribution in [1.29, 1.82) is 0 Å². The van der Waals surface area contributed by atoms with E-state index >= 15 is 0 Å². The van der Waals surface area contributed by atoms with Crippen LogP contribution < -0.4 is 0 Å². The van der Waals surface area contributed by atoms with Crippen molar-refractivity contribution >= 4 is 17.8 Å². The number of rotatable bonds is 7. The third-order valence-corrected chi connectivity index (χ3v) is 9.63. The van der Waals surface area contributed by atoms with Gasteiger partial charge in [0.15, 0.2) is 0 Å².